The summed E-state index contributed by atoms with van der Waals surface area (Å²) in [6.07, 6.45) is 5.96. The number of rotatable bonds is 8. The van der Waals surface area contributed by atoms with Gasteiger partial charge in [-0.25, -0.2) is 0 Å². The Bertz CT molecular complexity index is 300. The van der Waals surface area contributed by atoms with Crippen LogP contribution in [0.25, 0.3) is 0 Å². The Morgan fingerprint density at radius 3 is 2.57 bits per heavy atom. The van der Waals surface area contributed by atoms with Crippen LogP contribution in [0.2, 0.25) is 0 Å². The Labute approximate surface area is 132 Å². The monoisotopic (exact) mass is 298 g/mol. The SMILES string of the molecule is CCCNC1(CO)CCCC1CCN(C)C(C)C(C)(C)C. The van der Waals surface area contributed by atoms with E-state index in [1.807, 2.05) is 0 Å². The average Bonchev–Trinajstić information content (AvgIpc) is 2.84. The molecule has 2 N–H and O–H groups in total. The van der Waals surface area contributed by atoms with E-state index in [-0.39, 0.29) is 12.1 Å². The summed E-state index contributed by atoms with van der Waals surface area (Å²) < 4.78 is 0. The number of nitrogens with zero attached hydrogens (tertiary/aromatic N) is 1. The van der Waals surface area contributed by atoms with Crippen molar-refractivity contribution in [2.45, 2.75) is 78.3 Å². The zero-order chi connectivity index (χ0) is 16.1. The van der Waals surface area contributed by atoms with Crippen LogP contribution in [0.15, 0.2) is 0 Å². The highest BCUT2D eigenvalue weighted by atomic mass is 16.3. The van der Waals surface area contributed by atoms with Gasteiger partial charge in [0.2, 0.25) is 0 Å². The minimum atomic E-state index is -0.0121. The summed E-state index contributed by atoms with van der Waals surface area (Å²) in [6, 6.07) is 0.575. The Hall–Kier alpha value is -0.120. The quantitative estimate of drug-likeness (QED) is 0.722. The van der Waals surface area contributed by atoms with Crippen molar-refractivity contribution in [2.24, 2.45) is 11.3 Å². The second-order valence-corrected chi connectivity index (χ2v) is 8.14. The maximum absolute atomic E-state index is 9.94. The fourth-order valence-electron chi connectivity index (χ4n) is 3.65. The molecule has 0 aromatic carbocycles. The van der Waals surface area contributed by atoms with Gasteiger partial charge < -0.3 is 15.3 Å². The van der Waals surface area contributed by atoms with Crippen LogP contribution >= 0.6 is 0 Å². The third kappa shape index (κ3) is 4.94. The summed E-state index contributed by atoms with van der Waals surface area (Å²) in [5.74, 6) is 0.615. The highest BCUT2D eigenvalue weighted by Gasteiger charge is 2.41. The molecule has 126 valence electrons. The molecule has 0 aromatic heterocycles. The van der Waals surface area contributed by atoms with Gasteiger partial charge in [0.25, 0.3) is 0 Å². The molecule has 0 aliphatic heterocycles. The number of aliphatic hydroxyl groups excluding tert-OH is 1. The Balaban J connectivity index is 2.56. The molecule has 0 bridgehead atoms. The molecule has 1 aliphatic rings. The topological polar surface area (TPSA) is 35.5 Å². The third-order valence-electron chi connectivity index (χ3n) is 5.71. The van der Waals surface area contributed by atoms with Crippen LogP contribution in [0.5, 0.6) is 0 Å². The molecule has 3 heteroatoms. The minimum Gasteiger partial charge on any atom is -0.394 e. The van der Waals surface area contributed by atoms with Crippen LogP contribution in [0.1, 0.15) is 66.7 Å². The van der Waals surface area contributed by atoms with Gasteiger partial charge in [-0.1, -0.05) is 34.1 Å². The largest absolute Gasteiger partial charge is 0.394 e. The zero-order valence-corrected chi connectivity index (χ0v) is 15.2. The van der Waals surface area contributed by atoms with Gasteiger partial charge in [0, 0.05) is 11.6 Å². The lowest BCUT2D eigenvalue weighted by Crippen LogP contribution is -2.52. The van der Waals surface area contributed by atoms with Crippen LogP contribution in [-0.2, 0) is 0 Å². The Morgan fingerprint density at radius 1 is 1.38 bits per heavy atom. The van der Waals surface area contributed by atoms with E-state index in [0.29, 0.717) is 17.4 Å². The second-order valence-electron chi connectivity index (χ2n) is 8.14. The second kappa shape index (κ2) is 7.94. The van der Waals surface area contributed by atoms with Gasteiger partial charge in [0.15, 0.2) is 0 Å². The van der Waals surface area contributed by atoms with Gasteiger partial charge in [-0.05, 0) is 64.1 Å². The maximum atomic E-state index is 9.94. The van der Waals surface area contributed by atoms with E-state index in [1.54, 1.807) is 0 Å². The molecule has 3 unspecified atom stereocenters. The van der Waals surface area contributed by atoms with Crippen LogP contribution in [-0.4, -0.2) is 48.3 Å². The molecule has 0 heterocycles. The molecule has 0 spiro atoms. The maximum Gasteiger partial charge on any atom is 0.0616 e. The summed E-state index contributed by atoms with van der Waals surface area (Å²) in [4.78, 5) is 2.49. The molecule has 0 saturated heterocycles. The van der Waals surface area contributed by atoms with E-state index in [9.17, 15) is 5.11 Å². The molecule has 21 heavy (non-hydrogen) atoms. The van der Waals surface area contributed by atoms with Crippen LogP contribution in [0, 0.1) is 11.3 Å². The smallest absolute Gasteiger partial charge is 0.0616 e. The summed E-state index contributed by atoms with van der Waals surface area (Å²) in [6.45, 7) is 13.9. The van der Waals surface area contributed by atoms with Gasteiger partial charge in [0.1, 0.15) is 0 Å². The van der Waals surface area contributed by atoms with Gasteiger partial charge in [-0.15, -0.1) is 0 Å². The molecule has 3 atom stereocenters. The first-order valence-corrected chi connectivity index (χ1v) is 8.83. The van der Waals surface area contributed by atoms with Crippen molar-refractivity contribution < 1.29 is 5.11 Å². The van der Waals surface area contributed by atoms with Crippen LogP contribution in [0.4, 0.5) is 0 Å². The highest BCUT2D eigenvalue weighted by molar-refractivity contribution is 4.99. The average molecular weight is 299 g/mol. The first kappa shape index (κ1) is 18.9. The summed E-state index contributed by atoms with van der Waals surface area (Å²) >= 11 is 0. The van der Waals surface area contributed by atoms with Crippen molar-refractivity contribution in [2.75, 3.05) is 26.7 Å². The number of nitrogens with one attached hydrogen (secondary N) is 1. The minimum absolute atomic E-state index is 0.0121. The lowest BCUT2D eigenvalue weighted by Gasteiger charge is -2.39. The Kier molecular flexibility index (Phi) is 7.15. The van der Waals surface area contributed by atoms with Crippen LogP contribution in [0.3, 0.4) is 0 Å². The third-order valence-corrected chi connectivity index (χ3v) is 5.71. The van der Waals surface area contributed by atoms with E-state index in [0.717, 1.165) is 25.9 Å². The molecule has 3 nitrogen and oxygen atoms in total. The zero-order valence-electron chi connectivity index (χ0n) is 15.2. The molecule has 1 aliphatic carbocycles. The predicted molar refractivity (Wildman–Crippen MR) is 91.6 cm³/mol. The van der Waals surface area contributed by atoms with Gasteiger partial charge in [-0.2, -0.15) is 0 Å². The highest BCUT2D eigenvalue weighted by Crippen LogP contribution is 2.38. The Morgan fingerprint density at radius 2 is 2.05 bits per heavy atom. The van der Waals surface area contributed by atoms with Crippen molar-refractivity contribution >= 4 is 0 Å². The van der Waals surface area contributed by atoms with E-state index < -0.39 is 0 Å². The molecule has 1 rings (SSSR count). The van der Waals surface area contributed by atoms with E-state index in [1.165, 1.54) is 19.3 Å². The molecular formula is C18H38N2O. The van der Waals surface area contributed by atoms with Crippen molar-refractivity contribution in [3.05, 3.63) is 0 Å². The first-order chi connectivity index (χ1) is 9.77. The fraction of sp³-hybridized carbons (Fsp3) is 1.00. The normalized spacial score (nSPS) is 28.3. The van der Waals surface area contributed by atoms with Crippen molar-refractivity contribution in [3.8, 4) is 0 Å². The summed E-state index contributed by atoms with van der Waals surface area (Å²) in [5.41, 5.74) is 0.306. The van der Waals surface area contributed by atoms with Crippen molar-refractivity contribution in [1.82, 2.24) is 10.2 Å². The fourth-order valence-corrected chi connectivity index (χ4v) is 3.65. The van der Waals surface area contributed by atoms with Gasteiger partial charge in [0.05, 0.1) is 6.61 Å². The summed E-state index contributed by atoms with van der Waals surface area (Å²) in [5, 5.41) is 13.6. The van der Waals surface area contributed by atoms with Gasteiger partial charge >= 0.3 is 0 Å². The summed E-state index contributed by atoms with van der Waals surface area (Å²) in [7, 11) is 2.24. The van der Waals surface area contributed by atoms with Gasteiger partial charge in [-0.3, -0.25) is 0 Å². The lowest BCUT2D eigenvalue weighted by molar-refractivity contribution is 0.0952. The number of hydrogen-bond acceptors (Lipinski definition) is 3. The van der Waals surface area contributed by atoms with Crippen LogP contribution < -0.4 is 5.32 Å². The van der Waals surface area contributed by atoms with E-state index in [2.05, 4.69) is 51.9 Å². The molecule has 0 aromatic rings. The molecule has 0 radical (unpaired) electrons. The van der Waals surface area contributed by atoms with Crippen molar-refractivity contribution in [1.29, 1.82) is 0 Å². The van der Waals surface area contributed by atoms with E-state index >= 15 is 0 Å². The molecular weight excluding hydrogens is 260 g/mol. The predicted octanol–water partition coefficient (Wildman–Crippen LogP) is 3.27. The van der Waals surface area contributed by atoms with Crippen molar-refractivity contribution in [3.63, 3.8) is 0 Å². The number of aliphatic hydroxyl groups is 1. The first-order valence-electron chi connectivity index (χ1n) is 8.83. The molecule has 0 amide bonds. The van der Waals surface area contributed by atoms with E-state index in [4.69, 9.17) is 0 Å². The standard InChI is InChI=1S/C18H38N2O/c1-7-12-19-18(14-21)11-8-9-16(18)10-13-20(6)15(2)17(3,4)5/h15-16,19,21H,7-14H2,1-6H3. The molecule has 1 fully saturated rings. The lowest BCUT2D eigenvalue weighted by atomic mass is 9.83. The number of hydrogen-bond donors (Lipinski definition) is 2. The molecule has 1 saturated carbocycles.